The fourth-order valence-corrected chi connectivity index (χ4v) is 9.02. The minimum absolute atomic E-state index is 0.0803. The number of methoxy groups -OCH3 is 1. The molecule has 2 fully saturated rings. The van der Waals surface area contributed by atoms with Gasteiger partial charge in [0, 0.05) is 10.8 Å². The van der Waals surface area contributed by atoms with Gasteiger partial charge in [-0.1, -0.05) is 96.0 Å². The highest BCUT2D eigenvalue weighted by molar-refractivity contribution is 6.74. The largest absolute Gasteiger partial charge is 0.497 e. The number of nitrogens with zero attached hydrogens (tertiary/aromatic N) is 3. The molecule has 2 heterocycles. The van der Waals surface area contributed by atoms with Crippen molar-refractivity contribution in [2.45, 2.75) is 130 Å². The lowest BCUT2D eigenvalue weighted by Crippen LogP contribution is -2.63. The Hall–Kier alpha value is -2.47. The van der Waals surface area contributed by atoms with Crippen molar-refractivity contribution >= 4 is 8.32 Å². The van der Waals surface area contributed by atoms with Gasteiger partial charge in [-0.05, 0) is 71.6 Å². The Kier molecular flexibility index (Phi) is 13.8. The van der Waals surface area contributed by atoms with Gasteiger partial charge in [0.2, 0.25) is 0 Å². The molecule has 2 aromatic carbocycles. The molecule has 2 saturated heterocycles. The first-order valence-electron chi connectivity index (χ1n) is 17.7. The second-order valence-corrected chi connectivity index (χ2v) is 19.8. The minimum atomic E-state index is -2.40. The van der Waals surface area contributed by atoms with E-state index in [9.17, 15) is 5.53 Å². The first-order valence-corrected chi connectivity index (χ1v) is 20.7. The third kappa shape index (κ3) is 9.45. The third-order valence-corrected chi connectivity index (χ3v) is 16.1. The van der Waals surface area contributed by atoms with Gasteiger partial charge in [-0.2, -0.15) is 0 Å². The Morgan fingerprint density at radius 2 is 1.51 bits per heavy atom. The molecule has 0 amide bonds. The van der Waals surface area contributed by atoms with E-state index < -0.39 is 45.3 Å². The molecule has 0 spiro atoms. The summed E-state index contributed by atoms with van der Waals surface area (Å²) in [5.41, 5.74) is 11.9. The van der Waals surface area contributed by atoms with Crippen LogP contribution in [-0.2, 0) is 41.3 Å². The summed E-state index contributed by atoms with van der Waals surface area (Å²) >= 11 is 0. The fourth-order valence-electron chi connectivity index (χ4n) is 6.55. The van der Waals surface area contributed by atoms with Crippen molar-refractivity contribution in [3.63, 3.8) is 0 Å². The lowest BCUT2D eigenvalue weighted by atomic mass is 9.79. The highest BCUT2D eigenvalue weighted by Gasteiger charge is 2.53. The molecule has 2 aliphatic rings. The number of ether oxygens (including phenoxy) is 6. The van der Waals surface area contributed by atoms with Crippen LogP contribution in [0, 0.1) is 23.7 Å². The molecule has 4 rings (SSSR count). The summed E-state index contributed by atoms with van der Waals surface area (Å²) in [6.07, 6.45) is -3.22. The normalized spacial score (nSPS) is 30.9. The van der Waals surface area contributed by atoms with Gasteiger partial charge in [-0.3, -0.25) is 0 Å². The van der Waals surface area contributed by atoms with Gasteiger partial charge in [-0.25, -0.2) is 0 Å². The van der Waals surface area contributed by atoms with Crippen LogP contribution < -0.4 is 4.74 Å². The molecule has 0 radical (unpaired) electrons. The average molecular weight is 698 g/mol. The Balaban J connectivity index is 1.59. The maximum absolute atomic E-state index is 9.83. The third-order valence-electron chi connectivity index (χ3n) is 11.6. The first kappa shape index (κ1) is 39.3. The lowest BCUT2D eigenvalue weighted by molar-refractivity contribution is -0.322. The number of rotatable bonds is 15. The summed E-state index contributed by atoms with van der Waals surface area (Å²) in [4.78, 5) is 3.26. The zero-order valence-corrected chi connectivity index (χ0v) is 32.4. The van der Waals surface area contributed by atoms with Gasteiger partial charge in [-0.15, -0.1) is 0 Å². The molecule has 11 heteroatoms. The highest BCUT2D eigenvalue weighted by atomic mass is 28.4. The number of hydrogen-bond acceptors (Lipinski definition) is 8. The van der Waals surface area contributed by atoms with Gasteiger partial charge >= 0.3 is 0 Å². The van der Waals surface area contributed by atoms with E-state index in [0.717, 1.165) is 16.9 Å². The van der Waals surface area contributed by atoms with Gasteiger partial charge in [0.25, 0.3) is 0 Å². The zero-order valence-electron chi connectivity index (χ0n) is 31.4. The molecule has 272 valence electrons. The second-order valence-electron chi connectivity index (χ2n) is 15.3. The van der Waals surface area contributed by atoms with Gasteiger partial charge in [0.15, 0.2) is 20.9 Å². The Bertz CT molecular complexity index is 1350. The molecule has 0 saturated carbocycles. The van der Waals surface area contributed by atoms with Crippen molar-refractivity contribution in [2.75, 3.05) is 13.7 Å². The summed E-state index contributed by atoms with van der Waals surface area (Å²) in [5.74, 6) is 1.79. The second kappa shape index (κ2) is 17.2. The smallest absolute Gasteiger partial charge is 0.196 e. The Labute approximate surface area is 294 Å². The van der Waals surface area contributed by atoms with E-state index in [1.165, 1.54) is 0 Å². The van der Waals surface area contributed by atoms with E-state index in [1.807, 2.05) is 49.4 Å². The molecule has 0 N–H and O–H groups in total. The fraction of sp³-hybridized carbons (Fsp3) is 0.684. The van der Waals surface area contributed by atoms with E-state index >= 15 is 0 Å². The van der Waals surface area contributed by atoms with Crippen molar-refractivity contribution in [1.29, 1.82) is 0 Å². The average Bonchev–Trinajstić information content (AvgIpc) is 3.07. The Morgan fingerprint density at radius 1 is 0.857 bits per heavy atom. The van der Waals surface area contributed by atoms with Crippen molar-refractivity contribution in [2.24, 2.45) is 28.8 Å². The quantitative estimate of drug-likeness (QED) is 0.0790. The van der Waals surface area contributed by atoms with Crippen LogP contribution in [0.25, 0.3) is 10.4 Å². The molecule has 0 aromatic heterocycles. The number of benzene rings is 2. The van der Waals surface area contributed by atoms with Crippen LogP contribution in [0.4, 0.5) is 0 Å². The maximum Gasteiger partial charge on any atom is 0.196 e. The number of hydrogen-bond donors (Lipinski definition) is 0. The molecule has 10 atom stereocenters. The number of azide groups is 1. The summed E-state index contributed by atoms with van der Waals surface area (Å²) < 4.78 is 45.2. The lowest BCUT2D eigenvalue weighted by Gasteiger charge is -2.51. The van der Waals surface area contributed by atoms with E-state index in [4.69, 9.17) is 32.8 Å². The van der Waals surface area contributed by atoms with E-state index in [1.54, 1.807) is 7.11 Å². The van der Waals surface area contributed by atoms with Crippen LogP contribution in [0.3, 0.4) is 0 Å². The summed E-state index contributed by atoms with van der Waals surface area (Å²) in [6, 6.07) is 17.1. The van der Waals surface area contributed by atoms with E-state index in [0.29, 0.717) is 25.0 Å². The molecule has 0 bridgehead atoms. The molecular weight excluding hydrogens is 639 g/mol. The van der Waals surface area contributed by atoms with Crippen molar-refractivity contribution in [3.05, 3.63) is 76.2 Å². The van der Waals surface area contributed by atoms with Crippen LogP contribution in [0.2, 0.25) is 18.1 Å². The topological polar surface area (TPSA) is 113 Å². The van der Waals surface area contributed by atoms with Gasteiger partial charge < -0.3 is 32.8 Å². The van der Waals surface area contributed by atoms with Crippen LogP contribution in [0.1, 0.15) is 66.5 Å². The van der Waals surface area contributed by atoms with E-state index in [2.05, 4.69) is 83.7 Å². The van der Waals surface area contributed by atoms with E-state index in [-0.39, 0.29) is 29.6 Å². The predicted octanol–water partition coefficient (Wildman–Crippen LogP) is 8.90. The van der Waals surface area contributed by atoms with Crippen molar-refractivity contribution in [1.82, 2.24) is 0 Å². The SMILES string of the molecule is COc1ccc(CO[C@@H]2C(N=[N+]=[N-])[C@@H](O[Si](C)(C)C(C)(C)C(C)C)O[C@@H](C)[C@H]2O[C@@H]2OC(COCc3ccccc3)[C@@H](C)[C@H](C)C2C)cc1. The summed E-state index contributed by atoms with van der Waals surface area (Å²) in [7, 11) is -0.763. The molecule has 10 nitrogen and oxygen atoms in total. The predicted molar refractivity (Wildman–Crippen MR) is 193 cm³/mol. The zero-order chi connectivity index (χ0) is 35.9. The standard InChI is InChI=1S/C38H59N3O7Si/c1-24(2)38(7,8)49(10,11)48-37-33(40-41-39)35(44-22-30-17-19-31(42-9)20-18-30)34(28(6)45-37)47-36-27(5)25(3)26(4)32(46-36)23-43-21-29-15-13-12-14-16-29/h12-20,24-28,32-37H,21-23H2,1-11H3/t25-,26-,27?,28-,32?,33?,34+,35+,36-,37+/m0/s1. The molecule has 2 aromatic rings. The first-order chi connectivity index (χ1) is 23.2. The molecule has 2 aliphatic heterocycles. The molecule has 49 heavy (non-hydrogen) atoms. The van der Waals surface area contributed by atoms with Crippen molar-refractivity contribution in [3.8, 4) is 5.75 Å². The molecule has 0 aliphatic carbocycles. The monoisotopic (exact) mass is 697 g/mol. The summed E-state index contributed by atoms with van der Waals surface area (Å²) in [6.45, 7) is 23.1. The highest BCUT2D eigenvalue weighted by Crippen LogP contribution is 2.46. The summed E-state index contributed by atoms with van der Waals surface area (Å²) in [5, 5.41) is 4.19. The minimum Gasteiger partial charge on any atom is -0.497 e. The van der Waals surface area contributed by atoms with Crippen LogP contribution >= 0.6 is 0 Å². The van der Waals surface area contributed by atoms with Gasteiger partial charge in [0.05, 0.1) is 39.1 Å². The molecule has 3 unspecified atom stereocenters. The molecular formula is C38H59N3O7Si. The van der Waals surface area contributed by atoms with Crippen LogP contribution in [0.5, 0.6) is 5.75 Å². The van der Waals surface area contributed by atoms with Crippen LogP contribution in [-0.4, -0.2) is 65.1 Å². The maximum atomic E-state index is 9.83. The van der Waals surface area contributed by atoms with Crippen molar-refractivity contribution < 1.29 is 32.8 Å². The van der Waals surface area contributed by atoms with Crippen LogP contribution in [0.15, 0.2) is 59.7 Å². The van der Waals surface area contributed by atoms with Gasteiger partial charge in [0.1, 0.15) is 24.0 Å². The Morgan fingerprint density at radius 3 is 2.12 bits per heavy atom.